The van der Waals surface area contributed by atoms with Gasteiger partial charge in [-0.1, -0.05) is 13.0 Å². The van der Waals surface area contributed by atoms with Crippen molar-refractivity contribution in [2.45, 2.75) is 38.1 Å². The first-order chi connectivity index (χ1) is 12.7. The number of aliphatic carboxylic acids is 1. The Morgan fingerprint density at radius 2 is 2.36 bits per heavy atom. The van der Waals surface area contributed by atoms with Gasteiger partial charge in [0.2, 0.25) is 5.78 Å². The monoisotopic (exact) mass is 410 g/mol. The summed E-state index contributed by atoms with van der Waals surface area (Å²) in [7, 11) is 0. The second kappa shape index (κ2) is 6.06. The van der Waals surface area contributed by atoms with Crippen LogP contribution in [0, 0.1) is 0 Å². The van der Waals surface area contributed by atoms with Crippen LogP contribution in [0.1, 0.15) is 52.4 Å². The average Bonchev–Trinajstić information content (AvgIpc) is 3.12. The Labute approximate surface area is 154 Å². The molecule has 4 heterocycles. The minimum Gasteiger partial charge on any atom is -0.480 e. The molecule has 0 saturated carbocycles. The smallest absolute Gasteiger partial charge is 0.326 e. The molecule has 0 spiro atoms. The van der Waals surface area contributed by atoms with E-state index in [0.717, 1.165) is 4.52 Å². The Kier molecular flexibility index (Phi) is 3.44. The van der Waals surface area contributed by atoms with Crippen molar-refractivity contribution >= 4 is 33.3 Å². The highest BCUT2D eigenvalue weighted by Crippen LogP contribution is 2.39. The van der Waals surface area contributed by atoms with E-state index in [4.69, 9.17) is 7.48 Å². The Morgan fingerprint density at radius 3 is 3.12 bits per heavy atom. The van der Waals surface area contributed by atoms with Gasteiger partial charge in [0.25, 0.3) is 5.56 Å². The Balaban J connectivity index is 1.90. The van der Waals surface area contributed by atoms with Gasteiger partial charge in [-0.25, -0.2) is 4.79 Å². The van der Waals surface area contributed by atoms with Crippen LogP contribution in [0.25, 0.3) is 11.4 Å². The van der Waals surface area contributed by atoms with E-state index >= 15 is 0 Å². The summed E-state index contributed by atoms with van der Waals surface area (Å²) in [6.07, 6.45) is 2.56. The summed E-state index contributed by atoms with van der Waals surface area (Å²) in [5.74, 6) is -0.641. The van der Waals surface area contributed by atoms with E-state index in [1.807, 2.05) is 6.92 Å². The number of hydrogen-bond acceptors (Lipinski definition) is 5. The molecule has 0 aliphatic carbocycles. The molecule has 9 heteroatoms. The van der Waals surface area contributed by atoms with Crippen LogP contribution in [0.2, 0.25) is 0 Å². The zero-order chi connectivity index (χ0) is 19.5. The Morgan fingerprint density at radius 1 is 1.56 bits per heavy atom. The van der Waals surface area contributed by atoms with Gasteiger partial charge in [0.05, 0.1) is 9.35 Å². The van der Waals surface area contributed by atoms with Crippen LogP contribution in [0.3, 0.4) is 0 Å². The molecule has 1 N–H and O–H groups in total. The minimum atomic E-state index is -1.73. The van der Waals surface area contributed by atoms with Gasteiger partial charge in [0.15, 0.2) is 5.82 Å². The van der Waals surface area contributed by atoms with Crippen LogP contribution >= 0.6 is 15.9 Å². The maximum Gasteiger partial charge on any atom is 0.326 e. The summed E-state index contributed by atoms with van der Waals surface area (Å²) < 4.78 is 23.5. The average molecular weight is 411 g/mol. The fourth-order valence-corrected chi connectivity index (χ4v) is 4.19. The van der Waals surface area contributed by atoms with Crippen LogP contribution in [0.4, 0.5) is 0 Å². The molecule has 0 radical (unpaired) electrons. The van der Waals surface area contributed by atoms with Crippen LogP contribution in [-0.4, -0.2) is 43.4 Å². The Hall–Kier alpha value is -2.00. The van der Waals surface area contributed by atoms with Crippen molar-refractivity contribution < 1.29 is 17.4 Å². The number of carboxylic acids is 1. The highest BCUT2D eigenvalue weighted by Gasteiger charge is 2.37. The minimum absolute atomic E-state index is 0.0752. The fraction of sp³-hybridized carbons (Fsp3) is 0.500. The number of carboxylic acid groups (broad SMARTS) is 1. The standard InChI is InChI=1S/C16H17BrN4O4/c1-8-7-10(15(23)24)20-12(8)11(17)14(22)21-16(20)18-13(19-21)9-3-2-5-25-6-4-9/h4,8,10H,2-3,5-7H2,1H3,(H,23,24)/i5D2. The number of nitrogens with zero attached hydrogens (tertiary/aromatic N) is 4. The van der Waals surface area contributed by atoms with Crippen molar-refractivity contribution in [1.82, 2.24) is 19.2 Å². The van der Waals surface area contributed by atoms with Gasteiger partial charge in [-0.05, 0) is 40.8 Å². The predicted molar refractivity (Wildman–Crippen MR) is 92.7 cm³/mol. The highest BCUT2D eigenvalue weighted by atomic mass is 79.9. The van der Waals surface area contributed by atoms with Crippen LogP contribution in [-0.2, 0) is 9.53 Å². The van der Waals surface area contributed by atoms with E-state index in [2.05, 4.69) is 26.0 Å². The van der Waals surface area contributed by atoms with Crippen molar-refractivity contribution in [3.05, 3.63) is 32.4 Å². The molecule has 132 valence electrons. The number of fused-ring (bicyclic) bond motifs is 3. The summed E-state index contributed by atoms with van der Waals surface area (Å²) in [6.45, 7) is 0.218. The molecule has 25 heavy (non-hydrogen) atoms. The normalized spacial score (nSPS) is 26.6. The molecule has 2 aromatic rings. The first kappa shape index (κ1) is 14.2. The molecule has 0 aromatic carbocycles. The SMILES string of the molecule is [2H]C1([2H])CCC(c2nc3n4c(c(Br)c(=O)n3n2)C(C)CC4C(=O)O)=CCO1. The molecule has 0 bridgehead atoms. The molecule has 2 aliphatic heterocycles. The molecule has 0 fully saturated rings. The molecule has 2 unspecified atom stereocenters. The third kappa shape index (κ3) is 2.53. The van der Waals surface area contributed by atoms with E-state index in [9.17, 15) is 14.7 Å². The largest absolute Gasteiger partial charge is 0.480 e. The summed E-state index contributed by atoms with van der Waals surface area (Å²) in [4.78, 5) is 28.9. The second-order valence-corrected chi connectivity index (χ2v) is 6.99. The summed E-state index contributed by atoms with van der Waals surface area (Å²) in [5.41, 5.74) is 0.880. The van der Waals surface area contributed by atoms with Gasteiger partial charge in [0, 0.05) is 18.2 Å². The predicted octanol–water partition coefficient (Wildman–Crippen LogP) is 1.98. The van der Waals surface area contributed by atoms with E-state index in [1.165, 1.54) is 0 Å². The van der Waals surface area contributed by atoms with E-state index in [0.29, 0.717) is 24.1 Å². The van der Waals surface area contributed by atoms with Crippen molar-refractivity contribution in [3.63, 3.8) is 0 Å². The molecule has 2 aliphatic rings. The molecule has 0 amide bonds. The lowest BCUT2D eigenvalue weighted by molar-refractivity contribution is -0.140. The quantitative estimate of drug-likeness (QED) is 0.812. The van der Waals surface area contributed by atoms with Crippen molar-refractivity contribution in [1.29, 1.82) is 0 Å². The van der Waals surface area contributed by atoms with Gasteiger partial charge in [-0.3, -0.25) is 9.36 Å². The van der Waals surface area contributed by atoms with Crippen LogP contribution < -0.4 is 5.56 Å². The number of allylic oxidation sites excluding steroid dienone is 1. The van der Waals surface area contributed by atoms with Gasteiger partial charge >= 0.3 is 5.97 Å². The molecule has 8 nitrogen and oxygen atoms in total. The number of halogens is 1. The first-order valence-corrected chi connectivity index (χ1v) is 8.76. The van der Waals surface area contributed by atoms with Crippen LogP contribution in [0.5, 0.6) is 0 Å². The van der Waals surface area contributed by atoms with E-state index in [1.54, 1.807) is 10.6 Å². The maximum atomic E-state index is 12.7. The molecule has 4 rings (SSSR count). The lowest BCUT2D eigenvalue weighted by atomic mass is 10.0. The third-order valence-corrected chi connectivity index (χ3v) is 5.35. The second-order valence-electron chi connectivity index (χ2n) is 6.20. The number of ether oxygens (including phenoxy) is 1. The lowest BCUT2D eigenvalue weighted by Crippen LogP contribution is -2.25. The molecule has 2 aromatic heterocycles. The zero-order valence-electron chi connectivity index (χ0n) is 15.4. The highest BCUT2D eigenvalue weighted by molar-refractivity contribution is 9.10. The van der Waals surface area contributed by atoms with Crippen molar-refractivity contribution in [2.24, 2.45) is 0 Å². The van der Waals surface area contributed by atoms with Gasteiger partial charge in [-0.2, -0.15) is 9.50 Å². The van der Waals surface area contributed by atoms with E-state index < -0.39 is 24.1 Å². The third-order valence-electron chi connectivity index (χ3n) is 4.61. The van der Waals surface area contributed by atoms with Crippen LogP contribution in [0.15, 0.2) is 15.3 Å². The van der Waals surface area contributed by atoms with Crippen molar-refractivity contribution in [2.75, 3.05) is 13.2 Å². The Bertz CT molecular complexity index is 1050. The molecule has 0 saturated heterocycles. The maximum absolute atomic E-state index is 12.7. The van der Waals surface area contributed by atoms with Crippen molar-refractivity contribution in [3.8, 4) is 0 Å². The molecular formula is C16H17BrN4O4. The summed E-state index contributed by atoms with van der Waals surface area (Å²) >= 11 is 3.30. The number of hydrogen-bond donors (Lipinski definition) is 1. The summed E-state index contributed by atoms with van der Waals surface area (Å²) in [6, 6.07) is -0.827. The lowest BCUT2D eigenvalue weighted by Gasteiger charge is -2.12. The number of rotatable bonds is 2. The van der Waals surface area contributed by atoms with Gasteiger partial charge in [-0.15, -0.1) is 5.10 Å². The molecular weight excluding hydrogens is 392 g/mol. The van der Waals surface area contributed by atoms with E-state index in [-0.39, 0.29) is 35.0 Å². The number of carbonyl (C=O) groups is 1. The van der Waals surface area contributed by atoms with Gasteiger partial charge in [0.1, 0.15) is 10.5 Å². The van der Waals surface area contributed by atoms with Gasteiger partial charge < -0.3 is 9.84 Å². The number of aromatic nitrogens is 4. The fourth-order valence-electron chi connectivity index (χ4n) is 3.44. The zero-order valence-corrected chi connectivity index (χ0v) is 15.0. The summed E-state index contributed by atoms with van der Waals surface area (Å²) in [5, 5.41) is 13.9. The molecule has 2 atom stereocenters. The first-order valence-electron chi connectivity index (χ1n) is 8.96. The topological polar surface area (TPSA) is 98.7 Å².